The van der Waals surface area contributed by atoms with Crippen LogP contribution in [0, 0.1) is 0 Å². The van der Waals surface area contributed by atoms with E-state index in [9.17, 15) is 0 Å². The first-order chi connectivity index (χ1) is 9.38. The Labute approximate surface area is 118 Å². The predicted molar refractivity (Wildman–Crippen MR) is 80.3 cm³/mol. The highest BCUT2D eigenvalue weighted by atomic mass is 32.2. The molecule has 2 aromatic rings. The Kier molecular flexibility index (Phi) is 5.63. The summed E-state index contributed by atoms with van der Waals surface area (Å²) in [6, 6.07) is 18.1. The Balaban J connectivity index is 1.75. The Bertz CT molecular complexity index is 485. The molecule has 100 valence electrons. The van der Waals surface area contributed by atoms with Gasteiger partial charge >= 0.3 is 0 Å². The summed E-state index contributed by atoms with van der Waals surface area (Å²) in [4.78, 5) is 1.27. The van der Waals surface area contributed by atoms with Crippen molar-refractivity contribution in [2.75, 3.05) is 19.0 Å². The fourth-order valence-corrected chi connectivity index (χ4v) is 2.41. The van der Waals surface area contributed by atoms with Crippen molar-refractivity contribution in [2.24, 2.45) is 0 Å². The maximum absolute atomic E-state index is 5.71. The molecule has 0 spiro atoms. The number of hydrogen-bond acceptors (Lipinski definition) is 3. The molecule has 0 amide bonds. The molecule has 3 heteroatoms. The molecular formula is C16H18O2S. The van der Waals surface area contributed by atoms with Crippen LogP contribution in [0.15, 0.2) is 59.5 Å². The van der Waals surface area contributed by atoms with Crippen molar-refractivity contribution in [2.45, 2.75) is 11.8 Å². The van der Waals surface area contributed by atoms with Crippen molar-refractivity contribution < 1.29 is 9.47 Å². The van der Waals surface area contributed by atoms with E-state index in [1.54, 1.807) is 11.8 Å². The Hall–Kier alpha value is -1.61. The van der Waals surface area contributed by atoms with Gasteiger partial charge in [0, 0.05) is 16.7 Å². The normalized spacial score (nSPS) is 10.2. The van der Waals surface area contributed by atoms with Crippen LogP contribution < -0.4 is 9.47 Å². The lowest BCUT2D eigenvalue weighted by Gasteiger charge is -2.08. The minimum Gasteiger partial charge on any atom is -0.494 e. The summed E-state index contributed by atoms with van der Waals surface area (Å²) in [5.41, 5.74) is 0. The Morgan fingerprint density at radius 1 is 0.895 bits per heavy atom. The second-order valence-corrected chi connectivity index (χ2v) is 5.09. The van der Waals surface area contributed by atoms with Crippen molar-refractivity contribution >= 4 is 11.8 Å². The molecule has 0 bridgehead atoms. The van der Waals surface area contributed by atoms with Crippen LogP contribution in [0.25, 0.3) is 0 Å². The molecule has 0 unspecified atom stereocenters. The summed E-state index contributed by atoms with van der Waals surface area (Å²) in [5.74, 6) is 2.65. The van der Waals surface area contributed by atoms with Crippen molar-refractivity contribution in [3.63, 3.8) is 0 Å². The van der Waals surface area contributed by atoms with Gasteiger partial charge in [0.25, 0.3) is 0 Å². The Morgan fingerprint density at radius 3 is 2.37 bits per heavy atom. The third kappa shape index (κ3) is 4.87. The maximum atomic E-state index is 5.71. The summed E-state index contributed by atoms with van der Waals surface area (Å²) in [6.07, 6.45) is 0. The largest absolute Gasteiger partial charge is 0.494 e. The lowest BCUT2D eigenvalue weighted by atomic mass is 10.3. The lowest BCUT2D eigenvalue weighted by Crippen LogP contribution is -2.00. The van der Waals surface area contributed by atoms with Crippen molar-refractivity contribution in [1.82, 2.24) is 0 Å². The van der Waals surface area contributed by atoms with Gasteiger partial charge in [-0.15, -0.1) is 11.8 Å². The van der Waals surface area contributed by atoms with Crippen LogP contribution in [0.4, 0.5) is 0 Å². The molecule has 0 saturated heterocycles. The minimum absolute atomic E-state index is 0.674. The topological polar surface area (TPSA) is 18.5 Å². The van der Waals surface area contributed by atoms with Gasteiger partial charge in [0.2, 0.25) is 0 Å². The molecule has 0 aliphatic rings. The average molecular weight is 274 g/mol. The molecule has 0 atom stereocenters. The molecule has 0 N–H and O–H groups in total. The van der Waals surface area contributed by atoms with Crippen LogP contribution >= 0.6 is 11.8 Å². The maximum Gasteiger partial charge on any atom is 0.123 e. The van der Waals surface area contributed by atoms with Gasteiger partial charge in [-0.2, -0.15) is 0 Å². The van der Waals surface area contributed by atoms with Crippen LogP contribution in [0.1, 0.15) is 6.92 Å². The number of ether oxygens (including phenoxy) is 2. The molecule has 0 aromatic heterocycles. The zero-order valence-corrected chi connectivity index (χ0v) is 11.9. The molecule has 0 saturated carbocycles. The van der Waals surface area contributed by atoms with Gasteiger partial charge in [0.05, 0.1) is 13.2 Å². The van der Waals surface area contributed by atoms with E-state index in [0.717, 1.165) is 17.3 Å². The van der Waals surface area contributed by atoms with E-state index in [-0.39, 0.29) is 0 Å². The summed E-state index contributed by atoms with van der Waals surface area (Å²) < 4.78 is 11.2. The second kappa shape index (κ2) is 7.74. The predicted octanol–water partition coefficient (Wildman–Crippen LogP) is 4.26. The van der Waals surface area contributed by atoms with Gasteiger partial charge in [-0.1, -0.05) is 24.3 Å². The first-order valence-corrected chi connectivity index (χ1v) is 7.40. The molecule has 2 rings (SSSR count). The number of thioether (sulfide) groups is 1. The van der Waals surface area contributed by atoms with Gasteiger partial charge in [0.15, 0.2) is 0 Å². The molecule has 0 radical (unpaired) electrons. The fraction of sp³-hybridized carbons (Fsp3) is 0.250. The van der Waals surface area contributed by atoms with Crippen LogP contribution in [0.5, 0.6) is 11.5 Å². The van der Waals surface area contributed by atoms with Crippen LogP contribution in [-0.2, 0) is 0 Å². The molecule has 0 fully saturated rings. The first-order valence-electron chi connectivity index (χ1n) is 6.42. The number of hydrogen-bond donors (Lipinski definition) is 0. The van der Waals surface area contributed by atoms with Crippen molar-refractivity contribution in [1.29, 1.82) is 0 Å². The van der Waals surface area contributed by atoms with E-state index >= 15 is 0 Å². The lowest BCUT2D eigenvalue weighted by molar-refractivity contribution is 0.325. The smallest absolute Gasteiger partial charge is 0.123 e. The van der Waals surface area contributed by atoms with Crippen molar-refractivity contribution in [3.05, 3.63) is 54.6 Å². The highest BCUT2D eigenvalue weighted by molar-refractivity contribution is 7.99. The van der Waals surface area contributed by atoms with E-state index in [4.69, 9.17) is 9.47 Å². The third-order valence-electron chi connectivity index (χ3n) is 2.48. The quantitative estimate of drug-likeness (QED) is 0.555. The molecule has 0 aliphatic heterocycles. The van der Waals surface area contributed by atoms with Crippen LogP contribution in [0.3, 0.4) is 0 Å². The molecule has 0 heterocycles. The van der Waals surface area contributed by atoms with E-state index in [0.29, 0.717) is 13.2 Å². The van der Waals surface area contributed by atoms with Crippen LogP contribution in [-0.4, -0.2) is 19.0 Å². The summed E-state index contributed by atoms with van der Waals surface area (Å²) >= 11 is 1.80. The monoisotopic (exact) mass is 274 g/mol. The zero-order chi connectivity index (χ0) is 13.3. The zero-order valence-electron chi connectivity index (χ0n) is 11.0. The number of rotatable bonds is 7. The van der Waals surface area contributed by atoms with E-state index in [2.05, 4.69) is 24.3 Å². The standard InChI is InChI=1S/C16H18O2S/c1-2-17-14-7-6-8-15(13-14)18-11-12-19-16-9-4-3-5-10-16/h3-10,13H,2,11-12H2,1H3. The van der Waals surface area contributed by atoms with E-state index in [1.807, 2.05) is 37.3 Å². The molecule has 19 heavy (non-hydrogen) atoms. The highest BCUT2D eigenvalue weighted by Crippen LogP contribution is 2.21. The Morgan fingerprint density at radius 2 is 1.63 bits per heavy atom. The minimum atomic E-state index is 0.674. The van der Waals surface area contributed by atoms with Crippen LogP contribution in [0.2, 0.25) is 0 Å². The average Bonchev–Trinajstić information content (AvgIpc) is 2.46. The molecule has 2 nitrogen and oxygen atoms in total. The van der Waals surface area contributed by atoms with E-state index in [1.165, 1.54) is 4.90 Å². The first kappa shape index (κ1) is 13.8. The highest BCUT2D eigenvalue weighted by Gasteiger charge is 1.98. The summed E-state index contributed by atoms with van der Waals surface area (Å²) in [7, 11) is 0. The van der Waals surface area contributed by atoms with Gasteiger partial charge in [-0.3, -0.25) is 0 Å². The SMILES string of the molecule is CCOc1cccc(OCCSc2ccccc2)c1. The molecule has 0 aliphatic carbocycles. The van der Waals surface area contributed by atoms with Gasteiger partial charge in [-0.05, 0) is 31.2 Å². The molecular weight excluding hydrogens is 256 g/mol. The fourth-order valence-electron chi connectivity index (χ4n) is 1.66. The van der Waals surface area contributed by atoms with Crippen molar-refractivity contribution in [3.8, 4) is 11.5 Å². The summed E-state index contributed by atoms with van der Waals surface area (Å²) in [5, 5.41) is 0. The van der Waals surface area contributed by atoms with Gasteiger partial charge in [-0.25, -0.2) is 0 Å². The number of benzene rings is 2. The summed E-state index contributed by atoms with van der Waals surface area (Å²) in [6.45, 7) is 3.34. The molecule has 2 aromatic carbocycles. The second-order valence-electron chi connectivity index (χ2n) is 3.92. The van der Waals surface area contributed by atoms with E-state index < -0.39 is 0 Å². The third-order valence-corrected chi connectivity index (χ3v) is 3.46. The van der Waals surface area contributed by atoms with Gasteiger partial charge < -0.3 is 9.47 Å². The van der Waals surface area contributed by atoms with Gasteiger partial charge in [0.1, 0.15) is 11.5 Å².